The monoisotopic (exact) mass is 225 g/mol. The Kier molecular flexibility index (Phi) is 3.85. The topological polar surface area (TPSA) is 29.5 Å². The second kappa shape index (κ2) is 5.17. The van der Waals surface area contributed by atoms with Crippen molar-refractivity contribution in [3.05, 3.63) is 0 Å². The van der Waals surface area contributed by atoms with Crippen LogP contribution in [0.25, 0.3) is 0 Å². The van der Waals surface area contributed by atoms with E-state index in [1.54, 1.807) is 0 Å². The highest BCUT2D eigenvalue weighted by Gasteiger charge is 2.41. The lowest BCUT2D eigenvalue weighted by molar-refractivity contribution is -0.151. The molecule has 92 valence electrons. The number of hydrogen-bond acceptors (Lipinski definition) is 3. The van der Waals surface area contributed by atoms with Gasteiger partial charge in [-0.3, -0.25) is 4.79 Å². The van der Waals surface area contributed by atoms with Crippen molar-refractivity contribution < 1.29 is 9.53 Å². The lowest BCUT2D eigenvalue weighted by Crippen LogP contribution is -2.42. The van der Waals surface area contributed by atoms with Gasteiger partial charge in [0, 0.05) is 12.1 Å². The molecule has 2 bridgehead atoms. The van der Waals surface area contributed by atoms with Crippen LogP contribution >= 0.6 is 0 Å². The van der Waals surface area contributed by atoms with Gasteiger partial charge in [-0.1, -0.05) is 13.3 Å². The predicted octanol–water partition coefficient (Wildman–Crippen LogP) is 2.20. The second-order valence-corrected chi connectivity index (χ2v) is 5.24. The van der Waals surface area contributed by atoms with Crippen LogP contribution in [-0.4, -0.2) is 36.6 Å². The molecule has 1 unspecified atom stereocenters. The Morgan fingerprint density at radius 2 is 1.94 bits per heavy atom. The van der Waals surface area contributed by atoms with E-state index in [0.717, 1.165) is 25.7 Å². The van der Waals surface area contributed by atoms with E-state index in [1.807, 2.05) is 0 Å². The van der Waals surface area contributed by atoms with E-state index in [2.05, 4.69) is 18.9 Å². The smallest absolute Gasteiger partial charge is 0.309 e. The first-order valence-electron chi connectivity index (χ1n) is 6.61. The van der Waals surface area contributed by atoms with Crippen molar-refractivity contribution >= 4 is 5.97 Å². The molecule has 2 saturated heterocycles. The summed E-state index contributed by atoms with van der Waals surface area (Å²) in [6.07, 6.45) is 6.63. The first-order valence-corrected chi connectivity index (χ1v) is 6.61. The molecule has 0 aromatic heterocycles. The summed E-state index contributed by atoms with van der Waals surface area (Å²) >= 11 is 0. The van der Waals surface area contributed by atoms with Crippen LogP contribution in [0.5, 0.6) is 0 Å². The van der Waals surface area contributed by atoms with Gasteiger partial charge in [-0.05, 0) is 39.2 Å². The summed E-state index contributed by atoms with van der Waals surface area (Å²) in [6.45, 7) is 2.72. The van der Waals surface area contributed by atoms with Gasteiger partial charge < -0.3 is 9.64 Å². The van der Waals surface area contributed by atoms with Gasteiger partial charge in [0.1, 0.15) is 0 Å². The summed E-state index contributed by atoms with van der Waals surface area (Å²) in [5.74, 6) is 0.226. The van der Waals surface area contributed by atoms with Gasteiger partial charge in [0.15, 0.2) is 0 Å². The highest BCUT2D eigenvalue weighted by atomic mass is 16.5. The van der Waals surface area contributed by atoms with Crippen molar-refractivity contribution in [2.24, 2.45) is 5.92 Å². The Balaban J connectivity index is 1.81. The Labute approximate surface area is 98.1 Å². The minimum atomic E-state index is 0.0541. The van der Waals surface area contributed by atoms with E-state index in [9.17, 15) is 4.79 Å². The first-order chi connectivity index (χ1) is 7.72. The van der Waals surface area contributed by atoms with Gasteiger partial charge in [0.25, 0.3) is 0 Å². The molecule has 0 saturated carbocycles. The first kappa shape index (κ1) is 11.9. The summed E-state index contributed by atoms with van der Waals surface area (Å²) in [5.41, 5.74) is 0. The van der Waals surface area contributed by atoms with E-state index in [4.69, 9.17) is 4.74 Å². The zero-order chi connectivity index (χ0) is 11.5. The van der Waals surface area contributed by atoms with Crippen molar-refractivity contribution in [3.8, 4) is 0 Å². The fourth-order valence-corrected chi connectivity index (χ4v) is 3.04. The minimum Gasteiger partial charge on any atom is -0.465 e. The molecule has 0 aromatic rings. The molecule has 3 heteroatoms. The van der Waals surface area contributed by atoms with Gasteiger partial charge >= 0.3 is 5.97 Å². The number of hydrogen-bond donors (Lipinski definition) is 0. The molecule has 0 amide bonds. The Hall–Kier alpha value is -0.570. The average molecular weight is 225 g/mol. The maximum absolute atomic E-state index is 11.9. The largest absolute Gasteiger partial charge is 0.465 e. The van der Waals surface area contributed by atoms with Crippen molar-refractivity contribution in [1.29, 1.82) is 0 Å². The van der Waals surface area contributed by atoms with Crippen molar-refractivity contribution in [3.63, 3.8) is 0 Å². The van der Waals surface area contributed by atoms with Gasteiger partial charge in [-0.15, -0.1) is 0 Å². The number of fused-ring (bicyclic) bond motifs is 2. The number of carbonyl (C=O) groups excluding carboxylic acids is 1. The van der Waals surface area contributed by atoms with Gasteiger partial charge in [0.05, 0.1) is 12.5 Å². The normalized spacial score (nSPS) is 34.0. The average Bonchev–Trinajstić information content (AvgIpc) is 2.53. The van der Waals surface area contributed by atoms with E-state index < -0.39 is 0 Å². The van der Waals surface area contributed by atoms with Crippen LogP contribution in [0.15, 0.2) is 0 Å². The molecule has 0 aliphatic carbocycles. The minimum absolute atomic E-state index is 0.0541. The van der Waals surface area contributed by atoms with Crippen LogP contribution in [0.1, 0.15) is 45.4 Å². The molecule has 0 aromatic carbocycles. The number of unbranched alkanes of at least 4 members (excludes halogenated alkanes) is 1. The van der Waals surface area contributed by atoms with Crippen LogP contribution in [0, 0.1) is 5.92 Å². The molecule has 2 aliphatic rings. The quantitative estimate of drug-likeness (QED) is 0.542. The lowest BCUT2D eigenvalue weighted by atomic mass is 9.91. The maximum atomic E-state index is 11.9. The summed E-state index contributed by atoms with van der Waals surface area (Å²) in [5, 5.41) is 0. The molecule has 2 rings (SSSR count). The molecule has 0 spiro atoms. The van der Waals surface area contributed by atoms with Crippen molar-refractivity contribution in [2.45, 2.75) is 57.5 Å². The highest BCUT2D eigenvalue weighted by molar-refractivity contribution is 5.72. The number of piperidine rings is 1. The molecule has 2 fully saturated rings. The molecule has 3 atom stereocenters. The van der Waals surface area contributed by atoms with Crippen LogP contribution in [0.4, 0.5) is 0 Å². The molecule has 0 N–H and O–H groups in total. The zero-order valence-electron chi connectivity index (χ0n) is 10.4. The SMILES string of the molecule is CCCCOC(=O)C1C[C@H]2CC[C@@H](C1)N2C. The van der Waals surface area contributed by atoms with Gasteiger partial charge in [-0.2, -0.15) is 0 Å². The third kappa shape index (κ3) is 2.40. The number of esters is 1. The van der Waals surface area contributed by atoms with E-state index in [-0.39, 0.29) is 11.9 Å². The standard InChI is InChI=1S/C13H23NO2/c1-3-4-7-16-13(15)10-8-11-5-6-12(9-10)14(11)2/h10-12H,3-9H2,1-2H3/t10?,11-,12+. The zero-order valence-corrected chi connectivity index (χ0v) is 10.4. The third-order valence-corrected chi connectivity index (χ3v) is 4.17. The number of ether oxygens (including phenoxy) is 1. The Bertz CT molecular complexity index is 240. The lowest BCUT2D eigenvalue weighted by Gasteiger charge is -2.35. The molecular weight excluding hydrogens is 202 g/mol. The van der Waals surface area contributed by atoms with E-state index >= 15 is 0 Å². The van der Waals surface area contributed by atoms with Gasteiger partial charge in [0.2, 0.25) is 0 Å². The Morgan fingerprint density at radius 1 is 1.31 bits per heavy atom. The number of carbonyl (C=O) groups is 1. The van der Waals surface area contributed by atoms with Crippen molar-refractivity contribution in [2.75, 3.05) is 13.7 Å². The fourth-order valence-electron chi connectivity index (χ4n) is 3.04. The summed E-state index contributed by atoms with van der Waals surface area (Å²) in [4.78, 5) is 14.3. The molecule has 0 radical (unpaired) electrons. The molecule has 2 aliphatic heterocycles. The number of rotatable bonds is 4. The summed E-state index contributed by atoms with van der Waals surface area (Å²) < 4.78 is 5.32. The Morgan fingerprint density at radius 3 is 2.50 bits per heavy atom. The van der Waals surface area contributed by atoms with Crippen LogP contribution < -0.4 is 0 Å². The summed E-state index contributed by atoms with van der Waals surface area (Å²) in [7, 11) is 2.20. The van der Waals surface area contributed by atoms with Gasteiger partial charge in [-0.25, -0.2) is 0 Å². The second-order valence-electron chi connectivity index (χ2n) is 5.24. The maximum Gasteiger partial charge on any atom is 0.309 e. The fraction of sp³-hybridized carbons (Fsp3) is 0.923. The summed E-state index contributed by atoms with van der Waals surface area (Å²) in [6, 6.07) is 1.25. The predicted molar refractivity (Wildman–Crippen MR) is 63.2 cm³/mol. The number of nitrogens with zero attached hydrogens (tertiary/aromatic N) is 1. The molecule has 16 heavy (non-hydrogen) atoms. The van der Waals surface area contributed by atoms with Crippen LogP contribution in [0.3, 0.4) is 0 Å². The molecular formula is C13H23NO2. The van der Waals surface area contributed by atoms with E-state index in [1.165, 1.54) is 12.8 Å². The third-order valence-electron chi connectivity index (χ3n) is 4.17. The van der Waals surface area contributed by atoms with E-state index in [0.29, 0.717) is 18.7 Å². The molecule has 3 nitrogen and oxygen atoms in total. The van der Waals surface area contributed by atoms with Crippen LogP contribution in [0.2, 0.25) is 0 Å². The van der Waals surface area contributed by atoms with Crippen molar-refractivity contribution in [1.82, 2.24) is 4.90 Å². The highest BCUT2D eigenvalue weighted by Crippen LogP contribution is 2.37. The molecule has 2 heterocycles. The van der Waals surface area contributed by atoms with Crippen LogP contribution in [-0.2, 0) is 9.53 Å².